The van der Waals surface area contributed by atoms with Gasteiger partial charge in [-0.25, -0.2) is 0 Å². The molecule has 0 aromatic rings. The molecule has 0 radical (unpaired) electrons. The first-order chi connectivity index (χ1) is 6.04. The van der Waals surface area contributed by atoms with Crippen LogP contribution in [0.3, 0.4) is 0 Å². The van der Waals surface area contributed by atoms with Crippen LogP contribution in [0.2, 0.25) is 0 Å². The third-order valence-corrected chi connectivity index (χ3v) is 1.39. The van der Waals surface area contributed by atoms with Crippen molar-refractivity contribution in [2.75, 3.05) is 27.3 Å². The molecule has 4 nitrogen and oxygen atoms in total. The summed E-state index contributed by atoms with van der Waals surface area (Å²) in [6.45, 7) is 6.93. The van der Waals surface area contributed by atoms with Crippen molar-refractivity contribution in [2.24, 2.45) is 5.10 Å². The highest BCUT2D eigenvalue weighted by Gasteiger charge is 2.22. The number of hydrogen-bond donors (Lipinski definition) is 0. The van der Waals surface area contributed by atoms with E-state index < -0.39 is 5.79 Å². The second-order valence-corrected chi connectivity index (χ2v) is 2.97. The molecule has 0 saturated carbocycles. The molecule has 0 spiro atoms. The molecule has 0 unspecified atom stereocenters. The van der Waals surface area contributed by atoms with Gasteiger partial charge in [-0.1, -0.05) is 0 Å². The summed E-state index contributed by atoms with van der Waals surface area (Å²) in [5.41, 5.74) is 0. The zero-order chi connectivity index (χ0) is 10.3. The molecule has 0 aliphatic heterocycles. The molecular weight excluding hydrogens is 168 g/mol. The summed E-state index contributed by atoms with van der Waals surface area (Å²) in [5, 5.41) is 5.80. The molecule has 0 fully saturated rings. The minimum absolute atomic E-state index is 0.607. The fourth-order valence-corrected chi connectivity index (χ4v) is 0.910. The minimum atomic E-state index is -0.701. The molecule has 0 N–H and O–H groups in total. The maximum atomic E-state index is 5.42. The molecule has 0 heterocycles. The van der Waals surface area contributed by atoms with Gasteiger partial charge in [0, 0.05) is 27.3 Å². The normalized spacial score (nSPS) is 12.4. The summed E-state index contributed by atoms with van der Waals surface area (Å²) in [5.74, 6) is -0.701. The lowest BCUT2D eigenvalue weighted by Gasteiger charge is -2.25. The Kier molecular flexibility index (Phi) is 5.66. The summed E-state index contributed by atoms with van der Waals surface area (Å²) in [6.07, 6.45) is 1.67. The van der Waals surface area contributed by atoms with E-state index in [1.165, 1.54) is 0 Å². The Balaban J connectivity index is 4.21. The van der Waals surface area contributed by atoms with E-state index in [4.69, 9.17) is 9.47 Å². The highest BCUT2D eigenvalue weighted by atomic mass is 16.7. The van der Waals surface area contributed by atoms with Crippen LogP contribution in [0.4, 0.5) is 0 Å². The van der Waals surface area contributed by atoms with Crippen LogP contribution >= 0.6 is 0 Å². The summed E-state index contributed by atoms with van der Waals surface area (Å²) < 4.78 is 10.8. The second-order valence-electron chi connectivity index (χ2n) is 2.97. The van der Waals surface area contributed by atoms with Crippen LogP contribution in [0.1, 0.15) is 20.8 Å². The average Bonchev–Trinajstić information content (AvgIpc) is 2.02. The Labute approximate surface area is 80.5 Å². The lowest BCUT2D eigenvalue weighted by atomic mass is 10.3. The molecule has 0 rings (SSSR count). The van der Waals surface area contributed by atoms with Crippen molar-refractivity contribution in [1.29, 1.82) is 0 Å². The van der Waals surface area contributed by atoms with E-state index in [1.54, 1.807) is 11.2 Å². The van der Waals surface area contributed by atoms with Gasteiger partial charge in [-0.15, -0.1) is 0 Å². The molecule has 0 aliphatic carbocycles. The molecule has 0 bridgehead atoms. The number of nitrogens with zero attached hydrogens (tertiary/aromatic N) is 2. The topological polar surface area (TPSA) is 34.1 Å². The molecule has 13 heavy (non-hydrogen) atoms. The molecule has 0 aromatic carbocycles. The lowest BCUT2D eigenvalue weighted by molar-refractivity contribution is -0.168. The van der Waals surface area contributed by atoms with Crippen molar-refractivity contribution in [1.82, 2.24) is 5.01 Å². The summed E-state index contributed by atoms with van der Waals surface area (Å²) in [7, 11) is 3.71. The van der Waals surface area contributed by atoms with Gasteiger partial charge in [-0.3, -0.25) is 0 Å². The van der Waals surface area contributed by atoms with E-state index in [-0.39, 0.29) is 0 Å². The summed E-state index contributed by atoms with van der Waals surface area (Å²) in [4.78, 5) is 0. The van der Waals surface area contributed by atoms with E-state index in [9.17, 15) is 0 Å². The number of hydrogen-bond acceptors (Lipinski definition) is 4. The van der Waals surface area contributed by atoms with Crippen LogP contribution in [0.25, 0.3) is 0 Å². The molecule has 0 amide bonds. The van der Waals surface area contributed by atoms with E-state index in [1.807, 2.05) is 34.9 Å². The van der Waals surface area contributed by atoms with Crippen LogP contribution in [0, 0.1) is 0 Å². The Morgan fingerprint density at radius 2 is 1.69 bits per heavy atom. The van der Waals surface area contributed by atoms with Gasteiger partial charge in [-0.05, 0) is 20.8 Å². The number of hydrazone groups is 1. The van der Waals surface area contributed by atoms with Crippen molar-refractivity contribution in [3.8, 4) is 0 Å². The molecule has 0 aromatic heterocycles. The van der Waals surface area contributed by atoms with Gasteiger partial charge in [0.25, 0.3) is 0 Å². The van der Waals surface area contributed by atoms with Gasteiger partial charge in [0.1, 0.15) is 0 Å². The monoisotopic (exact) mass is 188 g/mol. The van der Waals surface area contributed by atoms with Crippen molar-refractivity contribution in [3.05, 3.63) is 0 Å². The summed E-state index contributed by atoms with van der Waals surface area (Å²) >= 11 is 0. The summed E-state index contributed by atoms with van der Waals surface area (Å²) in [6, 6.07) is 0. The standard InChI is InChI=1S/C9H20N2O2/c1-6-12-9(3,13-7-2)8-10-11(4)5/h8H,6-7H2,1-5H3. The van der Waals surface area contributed by atoms with Crippen molar-refractivity contribution < 1.29 is 9.47 Å². The SMILES string of the molecule is CCOC(C)(C=NN(C)C)OCC. The van der Waals surface area contributed by atoms with Crippen LogP contribution in [0.15, 0.2) is 5.10 Å². The van der Waals surface area contributed by atoms with E-state index in [0.29, 0.717) is 13.2 Å². The zero-order valence-electron chi connectivity index (χ0n) is 9.20. The minimum Gasteiger partial charge on any atom is -0.346 e. The van der Waals surface area contributed by atoms with Crippen LogP contribution in [0.5, 0.6) is 0 Å². The van der Waals surface area contributed by atoms with Crippen LogP contribution in [-0.2, 0) is 9.47 Å². The van der Waals surface area contributed by atoms with E-state index in [2.05, 4.69) is 5.10 Å². The predicted octanol–water partition coefficient (Wildman–Crippen LogP) is 1.32. The molecule has 4 heteroatoms. The first-order valence-electron chi connectivity index (χ1n) is 4.54. The van der Waals surface area contributed by atoms with Gasteiger partial charge >= 0.3 is 0 Å². The zero-order valence-corrected chi connectivity index (χ0v) is 9.20. The van der Waals surface area contributed by atoms with Crippen molar-refractivity contribution in [2.45, 2.75) is 26.6 Å². The van der Waals surface area contributed by atoms with Crippen molar-refractivity contribution >= 4 is 6.21 Å². The van der Waals surface area contributed by atoms with Gasteiger partial charge in [0.15, 0.2) is 0 Å². The third kappa shape index (κ3) is 5.60. The Morgan fingerprint density at radius 1 is 1.23 bits per heavy atom. The first-order valence-corrected chi connectivity index (χ1v) is 4.54. The molecule has 0 atom stereocenters. The third-order valence-electron chi connectivity index (χ3n) is 1.39. The maximum absolute atomic E-state index is 5.42. The largest absolute Gasteiger partial charge is 0.346 e. The number of rotatable bonds is 6. The molecule has 0 aliphatic rings. The van der Waals surface area contributed by atoms with Crippen LogP contribution < -0.4 is 0 Å². The van der Waals surface area contributed by atoms with Gasteiger partial charge in [-0.2, -0.15) is 5.10 Å². The van der Waals surface area contributed by atoms with Crippen LogP contribution in [-0.4, -0.2) is 44.3 Å². The van der Waals surface area contributed by atoms with E-state index >= 15 is 0 Å². The van der Waals surface area contributed by atoms with Gasteiger partial charge in [0.2, 0.25) is 5.79 Å². The quantitative estimate of drug-likeness (QED) is 0.358. The van der Waals surface area contributed by atoms with E-state index in [0.717, 1.165) is 0 Å². The molecule has 0 saturated heterocycles. The van der Waals surface area contributed by atoms with Crippen molar-refractivity contribution in [3.63, 3.8) is 0 Å². The van der Waals surface area contributed by atoms with Gasteiger partial charge in [0.05, 0.1) is 6.21 Å². The highest BCUT2D eigenvalue weighted by Crippen LogP contribution is 2.09. The predicted molar refractivity (Wildman–Crippen MR) is 53.8 cm³/mol. The number of ether oxygens (including phenoxy) is 2. The smallest absolute Gasteiger partial charge is 0.204 e. The first kappa shape index (κ1) is 12.4. The van der Waals surface area contributed by atoms with Gasteiger partial charge < -0.3 is 14.5 Å². The second kappa shape index (κ2) is 5.94. The Morgan fingerprint density at radius 3 is 2.00 bits per heavy atom. The molecule has 78 valence electrons. The Hall–Kier alpha value is -0.610. The average molecular weight is 188 g/mol. The lowest BCUT2D eigenvalue weighted by Crippen LogP contribution is -2.35. The fourth-order valence-electron chi connectivity index (χ4n) is 0.910. The molecular formula is C9H20N2O2. The fraction of sp³-hybridized carbons (Fsp3) is 0.889. The highest BCUT2D eigenvalue weighted by molar-refractivity contribution is 5.65. The Bertz CT molecular complexity index is 152. The maximum Gasteiger partial charge on any atom is 0.204 e.